The van der Waals surface area contributed by atoms with Gasteiger partial charge in [0.2, 0.25) is 0 Å². The fraction of sp³-hybridized carbons (Fsp3) is 0.111. The molecule has 4 heteroatoms. The van der Waals surface area contributed by atoms with Gasteiger partial charge in [0.25, 0.3) is 5.91 Å². The number of aromatic amines is 1. The summed E-state index contributed by atoms with van der Waals surface area (Å²) in [5.74, 6) is -0.0940. The lowest BCUT2D eigenvalue weighted by molar-refractivity contribution is 0.0954. The van der Waals surface area contributed by atoms with Gasteiger partial charge in [0.15, 0.2) is 0 Å². The van der Waals surface area contributed by atoms with Crippen LogP contribution in [-0.4, -0.2) is 17.4 Å². The Bertz CT molecular complexity index is 823. The van der Waals surface area contributed by atoms with E-state index in [0.717, 1.165) is 28.5 Å². The molecular formula is C18H16ClN2O. The molecule has 0 atom stereocenters. The first-order chi connectivity index (χ1) is 10.6. The van der Waals surface area contributed by atoms with E-state index in [-0.39, 0.29) is 5.91 Å². The fourth-order valence-electron chi connectivity index (χ4n) is 2.51. The van der Waals surface area contributed by atoms with Crippen LogP contribution < -0.4 is 5.32 Å². The molecule has 1 heterocycles. The van der Waals surface area contributed by atoms with Crippen molar-refractivity contribution in [1.29, 1.82) is 0 Å². The van der Waals surface area contributed by atoms with Crippen LogP contribution in [0, 0.1) is 6.92 Å². The van der Waals surface area contributed by atoms with Crippen LogP contribution in [0.4, 0.5) is 0 Å². The number of hydrogen-bond donors (Lipinski definition) is 2. The van der Waals surface area contributed by atoms with Gasteiger partial charge in [0.05, 0.1) is 0 Å². The molecule has 2 N–H and O–H groups in total. The summed E-state index contributed by atoms with van der Waals surface area (Å²) in [7, 11) is 0. The second-order valence-electron chi connectivity index (χ2n) is 5.17. The third-order valence-corrected chi connectivity index (χ3v) is 3.91. The van der Waals surface area contributed by atoms with Gasteiger partial charge in [-0.1, -0.05) is 29.8 Å². The molecule has 0 fully saturated rings. The molecule has 0 aliphatic rings. The Morgan fingerprint density at radius 1 is 1.23 bits per heavy atom. The molecule has 111 valence electrons. The molecule has 0 aliphatic heterocycles. The molecule has 1 aromatic heterocycles. The summed E-state index contributed by atoms with van der Waals surface area (Å²) in [5, 5.41) is 4.74. The highest BCUT2D eigenvalue weighted by molar-refractivity contribution is 6.31. The topological polar surface area (TPSA) is 44.9 Å². The molecule has 0 bridgehead atoms. The minimum absolute atomic E-state index is 0.0940. The van der Waals surface area contributed by atoms with Gasteiger partial charge in [-0.3, -0.25) is 4.79 Å². The summed E-state index contributed by atoms with van der Waals surface area (Å²) < 4.78 is 0. The van der Waals surface area contributed by atoms with Crippen molar-refractivity contribution in [3.63, 3.8) is 0 Å². The Kier molecular flexibility index (Phi) is 4.16. The smallest absolute Gasteiger partial charge is 0.251 e. The van der Waals surface area contributed by atoms with Crippen molar-refractivity contribution >= 4 is 28.4 Å². The maximum atomic E-state index is 12.1. The van der Waals surface area contributed by atoms with E-state index in [4.69, 9.17) is 11.6 Å². The molecule has 0 aliphatic carbocycles. The third kappa shape index (κ3) is 3.00. The Hall–Kier alpha value is -2.26. The number of halogens is 1. The summed E-state index contributed by atoms with van der Waals surface area (Å²) in [6, 6.07) is 13.1. The number of carbonyl (C=O) groups excluding carboxylic acids is 1. The summed E-state index contributed by atoms with van der Waals surface area (Å²) in [6.07, 6.45) is 2.70. The lowest BCUT2D eigenvalue weighted by Gasteiger charge is -2.07. The molecule has 2 aromatic carbocycles. The van der Waals surface area contributed by atoms with Crippen molar-refractivity contribution in [2.45, 2.75) is 6.42 Å². The zero-order valence-corrected chi connectivity index (χ0v) is 12.8. The Labute approximate surface area is 134 Å². The molecule has 3 nitrogen and oxygen atoms in total. The number of carbonyl (C=O) groups is 1. The predicted octanol–water partition coefficient (Wildman–Crippen LogP) is 3.98. The fourth-order valence-corrected chi connectivity index (χ4v) is 2.68. The van der Waals surface area contributed by atoms with Crippen molar-refractivity contribution in [3.8, 4) is 0 Å². The molecular weight excluding hydrogens is 296 g/mol. The van der Waals surface area contributed by atoms with Crippen molar-refractivity contribution < 1.29 is 4.79 Å². The van der Waals surface area contributed by atoms with Crippen LogP contribution in [0.2, 0.25) is 5.02 Å². The summed E-state index contributed by atoms with van der Waals surface area (Å²) in [4.78, 5) is 15.3. The zero-order chi connectivity index (χ0) is 15.5. The van der Waals surface area contributed by atoms with E-state index >= 15 is 0 Å². The van der Waals surface area contributed by atoms with Crippen molar-refractivity contribution in [2.75, 3.05) is 6.54 Å². The maximum Gasteiger partial charge on any atom is 0.251 e. The van der Waals surface area contributed by atoms with Gasteiger partial charge in [-0.2, -0.15) is 0 Å². The second-order valence-corrected chi connectivity index (χ2v) is 5.60. The number of nitrogens with one attached hydrogen (secondary N) is 2. The van der Waals surface area contributed by atoms with Crippen LogP contribution in [-0.2, 0) is 6.42 Å². The summed E-state index contributed by atoms with van der Waals surface area (Å²) >= 11 is 6.04. The first kappa shape index (κ1) is 14.7. The van der Waals surface area contributed by atoms with Gasteiger partial charge < -0.3 is 10.3 Å². The van der Waals surface area contributed by atoms with Crippen LogP contribution in [0.1, 0.15) is 21.5 Å². The average molecular weight is 312 g/mol. The number of amides is 1. The second kappa shape index (κ2) is 6.24. The minimum Gasteiger partial charge on any atom is -0.361 e. The first-order valence-corrected chi connectivity index (χ1v) is 7.47. The Balaban J connectivity index is 1.66. The molecule has 1 amide bonds. The van der Waals surface area contributed by atoms with Gasteiger partial charge in [-0.25, -0.2) is 0 Å². The van der Waals surface area contributed by atoms with E-state index in [2.05, 4.69) is 17.2 Å². The molecule has 0 unspecified atom stereocenters. The third-order valence-electron chi connectivity index (χ3n) is 3.67. The highest BCUT2D eigenvalue weighted by Gasteiger charge is 2.08. The highest BCUT2D eigenvalue weighted by atomic mass is 35.5. The number of hydrogen-bond acceptors (Lipinski definition) is 1. The monoisotopic (exact) mass is 311 g/mol. The molecule has 3 rings (SSSR count). The summed E-state index contributed by atoms with van der Waals surface area (Å²) in [5.41, 5.74) is 3.54. The number of benzene rings is 2. The van der Waals surface area contributed by atoms with Gasteiger partial charge in [0.1, 0.15) is 0 Å². The lowest BCUT2D eigenvalue weighted by Crippen LogP contribution is -2.26. The van der Waals surface area contributed by atoms with Gasteiger partial charge in [0, 0.05) is 34.2 Å². The molecule has 0 saturated heterocycles. The number of fused-ring (bicyclic) bond motifs is 1. The van der Waals surface area contributed by atoms with Gasteiger partial charge in [-0.15, -0.1) is 0 Å². The highest BCUT2D eigenvalue weighted by Crippen LogP contribution is 2.22. The average Bonchev–Trinajstić information content (AvgIpc) is 2.90. The minimum atomic E-state index is -0.0940. The Morgan fingerprint density at radius 3 is 2.86 bits per heavy atom. The normalized spacial score (nSPS) is 10.8. The molecule has 22 heavy (non-hydrogen) atoms. The summed E-state index contributed by atoms with van der Waals surface area (Å²) in [6.45, 7) is 4.43. The number of H-pyrrole nitrogens is 1. The predicted molar refractivity (Wildman–Crippen MR) is 90.2 cm³/mol. The van der Waals surface area contributed by atoms with E-state index in [0.29, 0.717) is 17.1 Å². The van der Waals surface area contributed by atoms with E-state index in [1.54, 1.807) is 6.07 Å². The zero-order valence-electron chi connectivity index (χ0n) is 12.0. The molecule has 0 saturated carbocycles. The standard InChI is InChI=1S/C18H16ClN2O/c1-12-4-2-3-5-15(12)18(22)20-9-8-13-11-21-17-7-6-14(19)10-16(13)17/h2-7,10-11,21H,1,8-9H2,(H,20,22). The van der Waals surface area contributed by atoms with Crippen LogP contribution in [0.25, 0.3) is 10.9 Å². The first-order valence-electron chi connectivity index (χ1n) is 7.10. The van der Waals surface area contributed by atoms with E-state index in [1.807, 2.05) is 42.6 Å². The Morgan fingerprint density at radius 2 is 2.05 bits per heavy atom. The van der Waals surface area contributed by atoms with Gasteiger partial charge in [-0.05, 0) is 48.7 Å². The quantitative estimate of drug-likeness (QED) is 0.752. The SMILES string of the molecule is [CH2]c1ccccc1C(=O)NCCc1c[nH]c2ccc(Cl)cc12. The molecule has 3 aromatic rings. The lowest BCUT2D eigenvalue weighted by atomic mass is 10.1. The van der Waals surface area contributed by atoms with Crippen LogP contribution in [0.15, 0.2) is 48.7 Å². The van der Waals surface area contributed by atoms with Crippen LogP contribution >= 0.6 is 11.6 Å². The van der Waals surface area contributed by atoms with E-state index in [9.17, 15) is 4.79 Å². The van der Waals surface area contributed by atoms with Crippen molar-refractivity contribution in [3.05, 3.63) is 77.3 Å². The molecule has 1 radical (unpaired) electrons. The molecule has 0 spiro atoms. The number of aromatic nitrogens is 1. The van der Waals surface area contributed by atoms with Crippen molar-refractivity contribution in [1.82, 2.24) is 10.3 Å². The largest absolute Gasteiger partial charge is 0.361 e. The number of rotatable bonds is 4. The van der Waals surface area contributed by atoms with E-state index in [1.165, 1.54) is 0 Å². The maximum absolute atomic E-state index is 12.1. The van der Waals surface area contributed by atoms with Gasteiger partial charge >= 0.3 is 0 Å². The van der Waals surface area contributed by atoms with Crippen LogP contribution in [0.5, 0.6) is 0 Å². The van der Waals surface area contributed by atoms with Crippen molar-refractivity contribution in [2.24, 2.45) is 0 Å². The van der Waals surface area contributed by atoms with E-state index < -0.39 is 0 Å². The van der Waals surface area contributed by atoms with Crippen LogP contribution in [0.3, 0.4) is 0 Å².